The Morgan fingerprint density at radius 1 is 1.20 bits per heavy atom. The lowest BCUT2D eigenvalue weighted by molar-refractivity contribution is 0.0511. The summed E-state index contributed by atoms with van der Waals surface area (Å²) in [5, 5.41) is 5.76. The zero-order valence-electron chi connectivity index (χ0n) is 17.6. The summed E-state index contributed by atoms with van der Waals surface area (Å²) in [5.41, 5.74) is 1.26. The fraction of sp³-hybridized carbons (Fsp3) is 0.500. The van der Waals surface area contributed by atoms with Crippen LogP contribution in [0.15, 0.2) is 40.7 Å². The van der Waals surface area contributed by atoms with Gasteiger partial charge in [-0.15, -0.1) is 35.3 Å². The van der Waals surface area contributed by atoms with E-state index >= 15 is 0 Å². The molecule has 2 aliphatic rings. The van der Waals surface area contributed by atoms with Gasteiger partial charge in [0.1, 0.15) is 0 Å². The van der Waals surface area contributed by atoms with E-state index in [1.807, 2.05) is 13.1 Å². The summed E-state index contributed by atoms with van der Waals surface area (Å²) in [5.74, 6) is 2.59. The van der Waals surface area contributed by atoms with Gasteiger partial charge in [-0.05, 0) is 48.4 Å². The number of benzene rings is 1. The standard InChI is InChI=1S/C22H29N3O3S.HI/c1-23-21(25(2)10-7-18-4-3-13-29-18)24-15-22(8-11-26-12-9-22)17-5-6-19-20(14-17)28-16-27-19;/h3-6,13-14H,7-12,15-16H2,1-2H3,(H,23,24);1H. The number of nitrogens with zero attached hydrogens (tertiary/aromatic N) is 2. The molecule has 0 bridgehead atoms. The van der Waals surface area contributed by atoms with Gasteiger partial charge in [0.2, 0.25) is 6.79 Å². The predicted molar refractivity (Wildman–Crippen MR) is 132 cm³/mol. The average molecular weight is 543 g/mol. The summed E-state index contributed by atoms with van der Waals surface area (Å²) in [6, 6.07) is 10.6. The molecule has 0 unspecified atom stereocenters. The topological polar surface area (TPSA) is 55.3 Å². The summed E-state index contributed by atoms with van der Waals surface area (Å²) < 4.78 is 16.8. The molecule has 0 saturated carbocycles. The molecule has 0 aliphatic carbocycles. The minimum absolute atomic E-state index is 0. The van der Waals surface area contributed by atoms with Crippen LogP contribution in [0.3, 0.4) is 0 Å². The van der Waals surface area contributed by atoms with Gasteiger partial charge >= 0.3 is 0 Å². The first-order chi connectivity index (χ1) is 14.2. The number of guanidine groups is 1. The minimum atomic E-state index is -0.0102. The molecule has 164 valence electrons. The Morgan fingerprint density at radius 2 is 2.00 bits per heavy atom. The number of fused-ring (bicyclic) bond motifs is 1. The Bertz CT molecular complexity index is 838. The van der Waals surface area contributed by atoms with Crippen LogP contribution in [-0.4, -0.2) is 58.1 Å². The summed E-state index contributed by atoms with van der Waals surface area (Å²) >= 11 is 1.80. The molecule has 30 heavy (non-hydrogen) atoms. The van der Waals surface area contributed by atoms with Crippen molar-refractivity contribution in [2.75, 3.05) is 47.2 Å². The zero-order chi connectivity index (χ0) is 20.1. The fourth-order valence-corrected chi connectivity index (χ4v) is 4.73. The second-order valence-electron chi connectivity index (χ2n) is 7.61. The first kappa shape index (κ1) is 23.1. The Hall–Kier alpha value is -1.52. The van der Waals surface area contributed by atoms with E-state index in [1.165, 1.54) is 10.4 Å². The highest BCUT2D eigenvalue weighted by Gasteiger charge is 2.36. The maximum atomic E-state index is 5.68. The normalized spacial score (nSPS) is 17.3. The van der Waals surface area contributed by atoms with Crippen molar-refractivity contribution in [3.8, 4) is 11.5 Å². The number of nitrogens with one attached hydrogen (secondary N) is 1. The van der Waals surface area contributed by atoms with E-state index in [9.17, 15) is 0 Å². The molecule has 0 amide bonds. The number of likely N-dealkylation sites (N-methyl/N-ethyl adjacent to an activating group) is 1. The van der Waals surface area contributed by atoms with Crippen LogP contribution in [0.1, 0.15) is 23.3 Å². The molecule has 1 aromatic heterocycles. The Kier molecular flexibility index (Phi) is 8.24. The van der Waals surface area contributed by atoms with Gasteiger partial charge in [-0.3, -0.25) is 4.99 Å². The number of aliphatic imine (C=N–C) groups is 1. The van der Waals surface area contributed by atoms with E-state index in [-0.39, 0.29) is 29.4 Å². The fourth-order valence-electron chi connectivity index (χ4n) is 4.03. The number of halogens is 1. The maximum Gasteiger partial charge on any atom is 0.231 e. The maximum absolute atomic E-state index is 5.68. The molecule has 1 N–H and O–H groups in total. The summed E-state index contributed by atoms with van der Waals surface area (Å²) in [4.78, 5) is 8.11. The van der Waals surface area contributed by atoms with Crippen molar-refractivity contribution < 1.29 is 14.2 Å². The van der Waals surface area contributed by atoms with Gasteiger partial charge in [0.15, 0.2) is 17.5 Å². The summed E-state index contributed by atoms with van der Waals surface area (Å²) in [6.45, 7) is 3.58. The highest BCUT2D eigenvalue weighted by atomic mass is 127. The van der Waals surface area contributed by atoms with E-state index < -0.39 is 0 Å². The van der Waals surface area contributed by atoms with Gasteiger partial charge < -0.3 is 24.4 Å². The predicted octanol–water partition coefficient (Wildman–Crippen LogP) is 3.89. The van der Waals surface area contributed by atoms with Gasteiger partial charge in [-0.2, -0.15) is 0 Å². The number of hydrogen-bond donors (Lipinski definition) is 1. The largest absolute Gasteiger partial charge is 0.454 e. The third-order valence-electron chi connectivity index (χ3n) is 5.87. The lowest BCUT2D eigenvalue weighted by Crippen LogP contribution is -2.48. The van der Waals surface area contributed by atoms with Crippen LogP contribution in [0, 0.1) is 0 Å². The van der Waals surface area contributed by atoms with Crippen LogP contribution in [0.4, 0.5) is 0 Å². The van der Waals surface area contributed by atoms with E-state index in [4.69, 9.17) is 14.2 Å². The Morgan fingerprint density at radius 3 is 2.73 bits per heavy atom. The number of thiophene rings is 1. The lowest BCUT2D eigenvalue weighted by Gasteiger charge is -2.39. The number of ether oxygens (including phenoxy) is 3. The van der Waals surface area contributed by atoms with E-state index in [1.54, 1.807) is 11.3 Å². The summed E-state index contributed by atoms with van der Waals surface area (Å²) in [6.07, 6.45) is 2.96. The van der Waals surface area contributed by atoms with Crippen molar-refractivity contribution in [3.05, 3.63) is 46.2 Å². The van der Waals surface area contributed by atoms with E-state index in [2.05, 4.69) is 51.9 Å². The SMILES string of the molecule is CN=C(NCC1(c2ccc3c(c2)OCO3)CCOCC1)N(C)CCc1cccs1.I. The molecular weight excluding hydrogens is 513 g/mol. The van der Waals surface area contributed by atoms with Crippen LogP contribution in [0.5, 0.6) is 11.5 Å². The third-order valence-corrected chi connectivity index (χ3v) is 6.80. The molecule has 2 aliphatic heterocycles. The van der Waals surface area contributed by atoms with E-state index in [0.717, 1.165) is 63.0 Å². The molecule has 1 aromatic carbocycles. The van der Waals surface area contributed by atoms with Crippen molar-refractivity contribution in [3.63, 3.8) is 0 Å². The smallest absolute Gasteiger partial charge is 0.231 e. The average Bonchev–Trinajstić information content (AvgIpc) is 3.44. The Balaban J connectivity index is 0.00000256. The molecule has 0 radical (unpaired) electrons. The lowest BCUT2D eigenvalue weighted by atomic mass is 9.74. The molecule has 8 heteroatoms. The number of rotatable bonds is 6. The van der Waals surface area contributed by atoms with Gasteiger partial charge in [0, 0.05) is 50.7 Å². The van der Waals surface area contributed by atoms with Gasteiger partial charge in [0.05, 0.1) is 0 Å². The van der Waals surface area contributed by atoms with E-state index in [0.29, 0.717) is 6.79 Å². The highest BCUT2D eigenvalue weighted by molar-refractivity contribution is 14.0. The molecule has 2 aromatic rings. The number of hydrogen-bond acceptors (Lipinski definition) is 5. The van der Waals surface area contributed by atoms with Crippen molar-refractivity contribution in [2.24, 2.45) is 4.99 Å². The van der Waals surface area contributed by atoms with Crippen LogP contribution >= 0.6 is 35.3 Å². The summed E-state index contributed by atoms with van der Waals surface area (Å²) in [7, 11) is 3.95. The third kappa shape index (κ3) is 5.20. The van der Waals surface area contributed by atoms with Crippen molar-refractivity contribution in [1.29, 1.82) is 0 Å². The first-order valence-corrected chi connectivity index (χ1v) is 11.0. The minimum Gasteiger partial charge on any atom is -0.454 e. The molecule has 1 saturated heterocycles. The molecule has 0 spiro atoms. The van der Waals surface area contributed by atoms with Gasteiger partial charge in [-0.25, -0.2) is 0 Å². The van der Waals surface area contributed by atoms with Crippen LogP contribution in [0.2, 0.25) is 0 Å². The molecule has 6 nitrogen and oxygen atoms in total. The molecule has 3 heterocycles. The second-order valence-corrected chi connectivity index (χ2v) is 8.64. The highest BCUT2D eigenvalue weighted by Crippen LogP contribution is 2.40. The van der Waals surface area contributed by atoms with Gasteiger partial charge in [0.25, 0.3) is 0 Å². The van der Waals surface area contributed by atoms with Crippen LogP contribution in [0.25, 0.3) is 0 Å². The zero-order valence-corrected chi connectivity index (χ0v) is 20.7. The monoisotopic (exact) mass is 543 g/mol. The quantitative estimate of drug-likeness (QED) is 0.341. The van der Waals surface area contributed by atoms with Crippen LogP contribution < -0.4 is 14.8 Å². The second kappa shape index (κ2) is 10.7. The molecule has 0 atom stereocenters. The van der Waals surface area contributed by atoms with Gasteiger partial charge in [-0.1, -0.05) is 12.1 Å². The molecular formula is C22H30IN3O3S. The van der Waals surface area contributed by atoms with Crippen molar-refractivity contribution in [2.45, 2.75) is 24.7 Å². The Labute approximate surface area is 199 Å². The first-order valence-electron chi connectivity index (χ1n) is 10.1. The molecule has 1 fully saturated rings. The van der Waals surface area contributed by atoms with Crippen molar-refractivity contribution in [1.82, 2.24) is 10.2 Å². The molecule has 4 rings (SSSR count). The van der Waals surface area contributed by atoms with Crippen LogP contribution in [-0.2, 0) is 16.6 Å². The van der Waals surface area contributed by atoms with Crippen molar-refractivity contribution >= 4 is 41.3 Å².